The van der Waals surface area contributed by atoms with Crippen LogP contribution in [0.1, 0.15) is 5.56 Å². The molecule has 1 aromatic heterocycles. The number of aromatic nitrogens is 1. The average molecular weight is 505 g/mol. The summed E-state index contributed by atoms with van der Waals surface area (Å²) in [6.45, 7) is 2.08. The lowest BCUT2D eigenvalue weighted by Crippen LogP contribution is -2.39. The molecule has 0 saturated heterocycles. The highest BCUT2D eigenvalue weighted by Crippen LogP contribution is 2.30. The fraction of sp³-hybridized carbons (Fsp3) is 0.143. The number of rotatable bonds is 7. The molecule has 0 radical (unpaired) electrons. The first-order chi connectivity index (χ1) is 16.8. The third kappa shape index (κ3) is 4.52. The first-order valence-corrected chi connectivity index (χ1v) is 13.2. The molecule has 0 aliphatic heterocycles. The van der Waals surface area contributed by atoms with E-state index in [9.17, 15) is 13.5 Å². The maximum Gasteiger partial charge on any atom is 0.264 e. The first kappa shape index (κ1) is 23.4. The number of anilines is 1. The van der Waals surface area contributed by atoms with E-state index in [1.54, 1.807) is 24.3 Å². The Morgan fingerprint density at radius 3 is 1.94 bits per heavy atom. The zero-order chi connectivity index (χ0) is 24.6. The van der Waals surface area contributed by atoms with Crippen LogP contribution in [0.25, 0.3) is 21.8 Å². The Morgan fingerprint density at radius 2 is 1.37 bits per heavy atom. The van der Waals surface area contributed by atoms with Crippen LogP contribution in [0.2, 0.25) is 5.02 Å². The molecule has 1 atom stereocenters. The maximum absolute atomic E-state index is 13.7. The minimum absolute atomic E-state index is 0.102. The van der Waals surface area contributed by atoms with Crippen molar-refractivity contribution in [2.45, 2.75) is 24.5 Å². The van der Waals surface area contributed by atoms with E-state index in [0.717, 1.165) is 27.4 Å². The van der Waals surface area contributed by atoms with Gasteiger partial charge in [-0.05, 0) is 55.5 Å². The van der Waals surface area contributed by atoms with Crippen LogP contribution in [-0.2, 0) is 16.6 Å². The molecule has 35 heavy (non-hydrogen) atoms. The summed E-state index contributed by atoms with van der Waals surface area (Å²) in [7, 11) is -3.94. The molecule has 0 fully saturated rings. The van der Waals surface area contributed by atoms with E-state index < -0.39 is 16.1 Å². The Morgan fingerprint density at radius 1 is 0.829 bits per heavy atom. The normalized spacial score (nSPS) is 12.8. The van der Waals surface area contributed by atoms with Gasteiger partial charge in [-0.1, -0.05) is 65.7 Å². The van der Waals surface area contributed by atoms with E-state index in [1.165, 1.54) is 16.4 Å². The van der Waals surface area contributed by atoms with Crippen LogP contribution in [-0.4, -0.2) is 30.7 Å². The van der Waals surface area contributed by atoms with Gasteiger partial charge in [-0.3, -0.25) is 4.31 Å². The Kier molecular flexibility index (Phi) is 6.28. The van der Waals surface area contributed by atoms with Gasteiger partial charge in [0.2, 0.25) is 0 Å². The minimum atomic E-state index is -3.94. The number of nitrogens with zero attached hydrogens (tertiary/aromatic N) is 2. The number of aliphatic hydroxyl groups is 1. The van der Waals surface area contributed by atoms with Crippen LogP contribution in [0.3, 0.4) is 0 Å². The number of aliphatic hydroxyl groups excluding tert-OH is 1. The molecule has 1 heterocycles. The summed E-state index contributed by atoms with van der Waals surface area (Å²) in [5.74, 6) is 0. The second kappa shape index (κ2) is 9.38. The lowest BCUT2D eigenvalue weighted by molar-refractivity contribution is 0.166. The third-order valence-electron chi connectivity index (χ3n) is 6.17. The fourth-order valence-corrected chi connectivity index (χ4v) is 6.08. The van der Waals surface area contributed by atoms with Crippen molar-refractivity contribution in [2.24, 2.45) is 0 Å². The molecule has 0 amide bonds. The van der Waals surface area contributed by atoms with Crippen molar-refractivity contribution < 1.29 is 13.5 Å². The molecule has 0 unspecified atom stereocenters. The number of para-hydroxylation sites is 2. The number of hydrogen-bond acceptors (Lipinski definition) is 3. The molecule has 5 rings (SSSR count). The first-order valence-electron chi connectivity index (χ1n) is 11.3. The molecule has 0 saturated carbocycles. The molecule has 0 spiro atoms. The largest absolute Gasteiger partial charge is 0.389 e. The maximum atomic E-state index is 13.7. The molecule has 1 N–H and O–H groups in total. The molecule has 7 heteroatoms. The highest BCUT2D eigenvalue weighted by Gasteiger charge is 2.28. The summed E-state index contributed by atoms with van der Waals surface area (Å²) < 4.78 is 30.6. The van der Waals surface area contributed by atoms with Gasteiger partial charge in [0.25, 0.3) is 10.0 Å². The lowest BCUT2D eigenvalue weighted by Gasteiger charge is -2.27. The highest BCUT2D eigenvalue weighted by molar-refractivity contribution is 7.92. The van der Waals surface area contributed by atoms with E-state index in [0.29, 0.717) is 10.7 Å². The predicted octanol–water partition coefficient (Wildman–Crippen LogP) is 6.01. The molecule has 4 aromatic carbocycles. The zero-order valence-electron chi connectivity index (χ0n) is 19.2. The van der Waals surface area contributed by atoms with Crippen molar-refractivity contribution in [1.82, 2.24) is 4.57 Å². The van der Waals surface area contributed by atoms with Crippen molar-refractivity contribution in [2.75, 3.05) is 10.8 Å². The second-order valence-corrected chi connectivity index (χ2v) is 10.9. The van der Waals surface area contributed by atoms with E-state index in [-0.39, 0.29) is 18.0 Å². The van der Waals surface area contributed by atoms with Gasteiger partial charge < -0.3 is 9.67 Å². The quantitative estimate of drug-likeness (QED) is 0.295. The molecule has 5 nitrogen and oxygen atoms in total. The van der Waals surface area contributed by atoms with Crippen LogP contribution in [0.4, 0.5) is 5.69 Å². The van der Waals surface area contributed by atoms with E-state index in [1.807, 2.05) is 55.5 Å². The highest BCUT2D eigenvalue weighted by atomic mass is 35.5. The molecule has 178 valence electrons. The van der Waals surface area contributed by atoms with Gasteiger partial charge in [0.1, 0.15) is 0 Å². The zero-order valence-corrected chi connectivity index (χ0v) is 20.7. The van der Waals surface area contributed by atoms with E-state index >= 15 is 0 Å². The van der Waals surface area contributed by atoms with Crippen LogP contribution in [0, 0.1) is 6.92 Å². The Bertz CT molecular complexity index is 1540. The summed E-state index contributed by atoms with van der Waals surface area (Å²) in [6.07, 6.45) is -0.961. The van der Waals surface area contributed by atoms with Crippen molar-refractivity contribution in [3.05, 3.63) is 108 Å². The molecular weight excluding hydrogens is 480 g/mol. The van der Waals surface area contributed by atoms with Crippen molar-refractivity contribution >= 4 is 49.1 Å². The molecule has 0 aliphatic carbocycles. The van der Waals surface area contributed by atoms with Crippen LogP contribution in [0.5, 0.6) is 0 Å². The summed E-state index contributed by atoms with van der Waals surface area (Å²) in [5.41, 5.74) is 3.50. The minimum Gasteiger partial charge on any atom is -0.389 e. The Balaban J connectivity index is 1.53. The lowest BCUT2D eigenvalue weighted by atomic mass is 10.2. The number of aryl methyl sites for hydroxylation is 1. The molecular formula is C28H25ClN2O3S. The van der Waals surface area contributed by atoms with Gasteiger partial charge in [-0.2, -0.15) is 0 Å². The number of fused-ring (bicyclic) bond motifs is 3. The third-order valence-corrected chi connectivity index (χ3v) is 8.23. The average Bonchev–Trinajstić information content (AvgIpc) is 3.17. The number of hydrogen-bond donors (Lipinski definition) is 1. The van der Waals surface area contributed by atoms with Crippen LogP contribution < -0.4 is 4.31 Å². The van der Waals surface area contributed by atoms with Gasteiger partial charge in [0.15, 0.2) is 0 Å². The van der Waals surface area contributed by atoms with Crippen LogP contribution in [0.15, 0.2) is 102 Å². The summed E-state index contributed by atoms with van der Waals surface area (Å²) in [5, 5.41) is 13.9. The Hall–Kier alpha value is -3.32. The predicted molar refractivity (Wildman–Crippen MR) is 143 cm³/mol. The topological polar surface area (TPSA) is 62.5 Å². The summed E-state index contributed by atoms with van der Waals surface area (Å²) in [4.78, 5) is 0.117. The summed E-state index contributed by atoms with van der Waals surface area (Å²) >= 11 is 5.98. The smallest absolute Gasteiger partial charge is 0.264 e. The molecule has 0 aliphatic rings. The van der Waals surface area contributed by atoms with Crippen molar-refractivity contribution in [3.8, 4) is 0 Å². The number of halogens is 1. The van der Waals surface area contributed by atoms with Crippen LogP contribution >= 0.6 is 11.6 Å². The van der Waals surface area contributed by atoms with Crippen molar-refractivity contribution in [1.29, 1.82) is 0 Å². The van der Waals surface area contributed by atoms with Gasteiger partial charge in [-0.25, -0.2) is 8.42 Å². The van der Waals surface area contributed by atoms with Gasteiger partial charge in [0, 0.05) is 26.8 Å². The Labute approximate surface area is 209 Å². The molecule has 5 aromatic rings. The SMILES string of the molecule is Cc1ccc(N(C[C@H](O)Cn2c3ccccc3c3ccccc32)S(=O)(=O)c2ccc(Cl)cc2)cc1. The number of benzene rings is 4. The van der Waals surface area contributed by atoms with Gasteiger partial charge in [-0.15, -0.1) is 0 Å². The van der Waals surface area contributed by atoms with Gasteiger partial charge in [0.05, 0.1) is 29.8 Å². The fourth-order valence-electron chi connectivity index (χ4n) is 4.45. The van der Waals surface area contributed by atoms with E-state index in [4.69, 9.17) is 11.6 Å². The van der Waals surface area contributed by atoms with Crippen molar-refractivity contribution in [3.63, 3.8) is 0 Å². The standard InChI is InChI=1S/C28H25ClN2O3S/c1-20-10-14-22(15-11-20)31(35(33,34)24-16-12-21(29)13-17-24)19-23(32)18-30-27-8-4-2-6-25(27)26-7-3-5-9-28(26)30/h2-17,23,32H,18-19H2,1H3/t23-/m1/s1. The second-order valence-electron chi connectivity index (χ2n) is 8.62. The molecule has 0 bridgehead atoms. The van der Waals surface area contributed by atoms with E-state index in [2.05, 4.69) is 16.7 Å². The number of sulfonamides is 1. The van der Waals surface area contributed by atoms with Gasteiger partial charge >= 0.3 is 0 Å². The monoisotopic (exact) mass is 504 g/mol. The summed E-state index contributed by atoms with van der Waals surface area (Å²) in [6, 6.07) is 29.4.